The molecule has 2 aliphatic rings. The monoisotopic (exact) mass is 349 g/mol. The predicted molar refractivity (Wildman–Crippen MR) is 83.0 cm³/mol. The van der Waals surface area contributed by atoms with Crippen molar-refractivity contribution < 1.29 is 28.6 Å². The van der Waals surface area contributed by atoms with Gasteiger partial charge in [-0.25, -0.2) is 0 Å². The maximum atomic E-state index is 12.8. The van der Waals surface area contributed by atoms with E-state index in [1.165, 1.54) is 17.2 Å². The molecule has 8 nitrogen and oxygen atoms in total. The zero-order chi connectivity index (χ0) is 18.2. The fourth-order valence-corrected chi connectivity index (χ4v) is 3.51. The second-order valence-corrected chi connectivity index (χ2v) is 6.72. The fourth-order valence-electron chi connectivity index (χ4n) is 3.51. The molecule has 2 saturated heterocycles. The summed E-state index contributed by atoms with van der Waals surface area (Å²) in [4.78, 5) is 39.4. The van der Waals surface area contributed by atoms with Crippen molar-refractivity contribution in [1.82, 2.24) is 9.80 Å². The van der Waals surface area contributed by atoms with Crippen LogP contribution >= 0.6 is 0 Å². The maximum absolute atomic E-state index is 12.8. The molecule has 25 heavy (non-hydrogen) atoms. The van der Waals surface area contributed by atoms with Crippen LogP contribution in [0, 0.1) is 5.92 Å². The molecule has 0 aromatic carbocycles. The summed E-state index contributed by atoms with van der Waals surface area (Å²) in [6, 6.07) is 1.87. The van der Waals surface area contributed by atoms with Crippen molar-refractivity contribution in [1.29, 1.82) is 0 Å². The standard InChI is InChI=1S/C17H22N2O6/c1-11(2)14(20)18-7-5-17(6-8-18)19(12(10-25-17)16(22)23)15(21)13-4-3-9-24-13/h3-4,9,11-12H,5-8,10H2,1-2H3,(H,22,23)/p-1/t12-/m0/s1. The van der Waals surface area contributed by atoms with Crippen LogP contribution in [-0.2, 0) is 14.3 Å². The van der Waals surface area contributed by atoms with Gasteiger partial charge in [0.1, 0.15) is 5.72 Å². The Morgan fingerprint density at radius 2 is 1.96 bits per heavy atom. The number of carboxylic acids is 1. The minimum absolute atomic E-state index is 0.0354. The number of carboxylic acid groups (broad SMARTS) is 1. The van der Waals surface area contributed by atoms with Gasteiger partial charge in [0.15, 0.2) is 5.76 Å². The minimum atomic E-state index is -1.36. The number of nitrogens with zero attached hydrogens (tertiary/aromatic N) is 2. The highest BCUT2D eigenvalue weighted by molar-refractivity contribution is 5.95. The average molecular weight is 349 g/mol. The number of ether oxygens (including phenoxy) is 1. The average Bonchev–Trinajstić information content (AvgIpc) is 3.23. The van der Waals surface area contributed by atoms with Crippen LogP contribution in [0.15, 0.2) is 22.8 Å². The molecule has 3 heterocycles. The number of likely N-dealkylation sites (tertiary alicyclic amines) is 1. The van der Waals surface area contributed by atoms with E-state index in [2.05, 4.69) is 0 Å². The van der Waals surface area contributed by atoms with E-state index >= 15 is 0 Å². The van der Waals surface area contributed by atoms with Crippen LogP contribution in [0.2, 0.25) is 0 Å². The molecule has 1 aromatic rings. The summed E-state index contributed by atoms with van der Waals surface area (Å²) in [5.41, 5.74) is -1.05. The Morgan fingerprint density at radius 1 is 1.28 bits per heavy atom. The van der Waals surface area contributed by atoms with Crippen LogP contribution in [0.3, 0.4) is 0 Å². The molecule has 0 radical (unpaired) electrons. The largest absolute Gasteiger partial charge is 0.548 e. The summed E-state index contributed by atoms with van der Waals surface area (Å²) >= 11 is 0. The first-order valence-corrected chi connectivity index (χ1v) is 8.36. The van der Waals surface area contributed by atoms with Gasteiger partial charge in [0.05, 0.1) is 24.9 Å². The first kappa shape index (κ1) is 17.5. The van der Waals surface area contributed by atoms with Crippen LogP contribution in [0.4, 0.5) is 0 Å². The fraction of sp³-hybridized carbons (Fsp3) is 0.588. The van der Waals surface area contributed by atoms with Crippen molar-refractivity contribution >= 4 is 17.8 Å². The number of piperidine rings is 1. The smallest absolute Gasteiger partial charge is 0.292 e. The SMILES string of the molecule is CC(C)C(=O)N1CCC2(CC1)OC[C@@H](C(=O)[O-])N2C(=O)c1ccco1. The van der Waals surface area contributed by atoms with Gasteiger partial charge < -0.3 is 24.0 Å². The molecule has 0 bridgehead atoms. The molecule has 1 atom stereocenters. The first-order chi connectivity index (χ1) is 11.9. The zero-order valence-corrected chi connectivity index (χ0v) is 14.3. The lowest BCUT2D eigenvalue weighted by molar-refractivity contribution is -0.310. The summed E-state index contributed by atoms with van der Waals surface area (Å²) in [5.74, 6) is -1.93. The van der Waals surface area contributed by atoms with Crippen molar-refractivity contribution in [2.75, 3.05) is 19.7 Å². The molecule has 2 fully saturated rings. The molecular formula is C17H21N2O6-. The number of carbonyl (C=O) groups is 3. The van der Waals surface area contributed by atoms with Crippen molar-refractivity contribution in [2.24, 2.45) is 5.92 Å². The Bertz CT molecular complexity index is 661. The van der Waals surface area contributed by atoms with Gasteiger partial charge in [-0.15, -0.1) is 0 Å². The van der Waals surface area contributed by atoms with E-state index in [9.17, 15) is 19.5 Å². The van der Waals surface area contributed by atoms with Gasteiger partial charge in [0.25, 0.3) is 5.91 Å². The lowest BCUT2D eigenvalue weighted by Gasteiger charge is -2.44. The maximum Gasteiger partial charge on any atom is 0.292 e. The molecule has 2 aliphatic heterocycles. The second kappa shape index (κ2) is 6.51. The number of hydrogen-bond acceptors (Lipinski definition) is 6. The Morgan fingerprint density at radius 3 is 2.48 bits per heavy atom. The second-order valence-electron chi connectivity index (χ2n) is 6.72. The van der Waals surface area contributed by atoms with Crippen molar-refractivity contribution in [3.63, 3.8) is 0 Å². The Balaban J connectivity index is 1.84. The van der Waals surface area contributed by atoms with Crippen LogP contribution in [0.25, 0.3) is 0 Å². The number of rotatable bonds is 3. The lowest BCUT2D eigenvalue weighted by atomic mass is 9.96. The van der Waals surface area contributed by atoms with Gasteiger partial charge in [-0.3, -0.25) is 14.5 Å². The molecule has 1 aromatic heterocycles. The Hall–Kier alpha value is -2.35. The molecule has 136 valence electrons. The summed E-state index contributed by atoms with van der Waals surface area (Å²) in [5, 5.41) is 11.5. The van der Waals surface area contributed by atoms with Crippen LogP contribution in [0.5, 0.6) is 0 Å². The Labute approximate surface area is 145 Å². The molecular weight excluding hydrogens is 328 g/mol. The van der Waals surface area contributed by atoms with E-state index in [1.54, 1.807) is 11.0 Å². The quantitative estimate of drug-likeness (QED) is 0.751. The van der Waals surface area contributed by atoms with Gasteiger partial charge in [0, 0.05) is 31.8 Å². The summed E-state index contributed by atoms with van der Waals surface area (Å²) < 4.78 is 10.9. The third kappa shape index (κ3) is 3.02. The van der Waals surface area contributed by atoms with E-state index in [4.69, 9.17) is 9.15 Å². The van der Waals surface area contributed by atoms with Crippen molar-refractivity contribution in [3.8, 4) is 0 Å². The molecule has 2 amide bonds. The van der Waals surface area contributed by atoms with Gasteiger partial charge in [-0.05, 0) is 12.1 Å². The summed E-state index contributed by atoms with van der Waals surface area (Å²) in [6.07, 6.45) is 2.05. The van der Waals surface area contributed by atoms with Crippen LogP contribution in [0.1, 0.15) is 37.2 Å². The number of aliphatic carboxylic acids is 1. The number of hydrogen-bond donors (Lipinski definition) is 0. The highest BCUT2D eigenvalue weighted by atomic mass is 16.5. The van der Waals surface area contributed by atoms with Gasteiger partial charge in [0.2, 0.25) is 5.91 Å². The van der Waals surface area contributed by atoms with Gasteiger partial charge >= 0.3 is 0 Å². The van der Waals surface area contributed by atoms with E-state index in [0.29, 0.717) is 25.9 Å². The van der Waals surface area contributed by atoms with Gasteiger partial charge in [-0.1, -0.05) is 13.8 Å². The summed E-state index contributed by atoms with van der Waals surface area (Å²) in [7, 11) is 0. The van der Waals surface area contributed by atoms with Crippen molar-refractivity contribution in [2.45, 2.75) is 38.5 Å². The topological polar surface area (TPSA) is 103 Å². The number of furan rings is 1. The molecule has 0 unspecified atom stereocenters. The molecule has 8 heteroatoms. The van der Waals surface area contributed by atoms with E-state index < -0.39 is 23.6 Å². The third-order valence-corrected chi connectivity index (χ3v) is 4.83. The minimum Gasteiger partial charge on any atom is -0.548 e. The highest BCUT2D eigenvalue weighted by Gasteiger charge is 2.53. The van der Waals surface area contributed by atoms with Crippen molar-refractivity contribution in [3.05, 3.63) is 24.2 Å². The van der Waals surface area contributed by atoms with Gasteiger partial charge in [-0.2, -0.15) is 0 Å². The predicted octanol–water partition coefficient (Wildman–Crippen LogP) is -0.155. The zero-order valence-electron chi connectivity index (χ0n) is 14.3. The molecule has 0 saturated carbocycles. The normalized spacial score (nSPS) is 22.6. The molecule has 1 spiro atoms. The number of carbonyl (C=O) groups excluding carboxylic acids is 3. The van der Waals surface area contributed by atoms with E-state index in [-0.39, 0.29) is 24.2 Å². The summed E-state index contributed by atoms with van der Waals surface area (Å²) in [6.45, 7) is 4.33. The first-order valence-electron chi connectivity index (χ1n) is 8.36. The Kier molecular flexibility index (Phi) is 4.55. The highest BCUT2D eigenvalue weighted by Crippen LogP contribution is 2.38. The molecule has 0 N–H and O–H groups in total. The van der Waals surface area contributed by atoms with E-state index in [0.717, 1.165) is 0 Å². The lowest BCUT2D eigenvalue weighted by Crippen LogP contribution is -2.60. The van der Waals surface area contributed by atoms with E-state index in [1.807, 2.05) is 13.8 Å². The van der Waals surface area contributed by atoms with Crippen LogP contribution in [-0.4, -0.2) is 59.0 Å². The van der Waals surface area contributed by atoms with Crippen LogP contribution < -0.4 is 5.11 Å². The molecule has 3 rings (SSSR count). The molecule has 0 aliphatic carbocycles. The number of amides is 2. The third-order valence-electron chi connectivity index (χ3n) is 4.83.